The Kier molecular flexibility index (Phi) is 4.30. The number of hydrogen-bond acceptors (Lipinski definition) is 9. The zero-order valence-corrected chi connectivity index (χ0v) is 12.4. The first-order chi connectivity index (χ1) is 9.55. The molecule has 0 aromatic carbocycles. The van der Waals surface area contributed by atoms with Gasteiger partial charge in [-0.15, -0.1) is 11.3 Å². The summed E-state index contributed by atoms with van der Waals surface area (Å²) in [6.45, 7) is 6.30. The molecule has 4 N–H and O–H groups in total. The minimum absolute atomic E-state index is 0.216. The van der Waals surface area contributed by atoms with Gasteiger partial charge in [-0.2, -0.15) is 15.0 Å². The number of hydrazine groups is 1. The molecule has 9 heteroatoms. The smallest absolute Gasteiger partial charge is 0.323 e. The summed E-state index contributed by atoms with van der Waals surface area (Å²) in [5.74, 6) is 5.95. The van der Waals surface area contributed by atoms with E-state index in [0.29, 0.717) is 12.6 Å². The number of ether oxygens (including phenoxy) is 1. The third-order valence-electron chi connectivity index (χ3n) is 2.41. The summed E-state index contributed by atoms with van der Waals surface area (Å²) < 4.78 is 5.28. The molecule has 20 heavy (non-hydrogen) atoms. The molecule has 0 aliphatic heterocycles. The van der Waals surface area contributed by atoms with Crippen LogP contribution in [0.3, 0.4) is 0 Å². The zero-order chi connectivity index (χ0) is 14.6. The molecule has 0 amide bonds. The van der Waals surface area contributed by atoms with Gasteiger partial charge in [0.05, 0.1) is 12.1 Å². The minimum atomic E-state index is -0.412. The van der Waals surface area contributed by atoms with Crippen molar-refractivity contribution in [1.82, 2.24) is 19.9 Å². The van der Waals surface area contributed by atoms with Crippen LogP contribution in [-0.2, 0) is 5.54 Å². The number of thiazole rings is 1. The molecule has 2 rings (SSSR count). The predicted octanol–water partition coefficient (Wildman–Crippen LogP) is 1.36. The molecule has 0 saturated carbocycles. The van der Waals surface area contributed by atoms with Gasteiger partial charge in [0, 0.05) is 11.6 Å². The van der Waals surface area contributed by atoms with Crippen LogP contribution in [0.5, 0.6) is 6.01 Å². The van der Waals surface area contributed by atoms with Crippen molar-refractivity contribution in [2.24, 2.45) is 5.84 Å². The number of nitrogens with one attached hydrogen (secondary N) is 2. The summed E-state index contributed by atoms with van der Waals surface area (Å²) in [6.07, 6.45) is 1.76. The molecule has 2 aromatic rings. The number of anilines is 2. The molecular formula is C11H17N7OS. The first-order valence-corrected chi connectivity index (χ1v) is 6.96. The fourth-order valence-electron chi connectivity index (χ4n) is 1.54. The monoisotopic (exact) mass is 295 g/mol. The molecule has 0 aliphatic rings. The van der Waals surface area contributed by atoms with E-state index in [4.69, 9.17) is 10.6 Å². The average Bonchev–Trinajstić information content (AvgIpc) is 2.93. The maximum atomic E-state index is 5.35. The number of nitrogen functional groups attached to an aromatic ring is 1. The summed E-state index contributed by atoms with van der Waals surface area (Å²) in [7, 11) is 0. The van der Waals surface area contributed by atoms with Crippen LogP contribution in [0.15, 0.2) is 11.6 Å². The van der Waals surface area contributed by atoms with Gasteiger partial charge < -0.3 is 10.1 Å². The van der Waals surface area contributed by atoms with E-state index >= 15 is 0 Å². The Labute approximate surface area is 120 Å². The van der Waals surface area contributed by atoms with Gasteiger partial charge in [0.25, 0.3) is 0 Å². The second-order valence-electron chi connectivity index (χ2n) is 4.43. The highest BCUT2D eigenvalue weighted by Crippen LogP contribution is 2.26. The van der Waals surface area contributed by atoms with Crippen molar-refractivity contribution in [1.29, 1.82) is 0 Å². The van der Waals surface area contributed by atoms with E-state index in [2.05, 4.69) is 30.7 Å². The van der Waals surface area contributed by atoms with Crippen LogP contribution in [0, 0.1) is 0 Å². The van der Waals surface area contributed by atoms with Crippen molar-refractivity contribution in [2.45, 2.75) is 26.3 Å². The molecule has 0 fully saturated rings. The highest BCUT2D eigenvalue weighted by atomic mass is 32.1. The lowest BCUT2D eigenvalue weighted by molar-refractivity contribution is 0.312. The fourth-order valence-corrected chi connectivity index (χ4v) is 2.25. The highest BCUT2D eigenvalue weighted by Gasteiger charge is 2.24. The van der Waals surface area contributed by atoms with E-state index in [-0.39, 0.29) is 12.0 Å². The topological polar surface area (TPSA) is 111 Å². The Morgan fingerprint density at radius 1 is 1.30 bits per heavy atom. The Hall–Kier alpha value is -2.00. The largest absolute Gasteiger partial charge is 0.464 e. The molecule has 0 spiro atoms. The predicted molar refractivity (Wildman–Crippen MR) is 77.6 cm³/mol. The minimum Gasteiger partial charge on any atom is -0.464 e. The van der Waals surface area contributed by atoms with Crippen LogP contribution >= 0.6 is 11.3 Å². The van der Waals surface area contributed by atoms with Crippen LogP contribution in [0.25, 0.3) is 0 Å². The summed E-state index contributed by atoms with van der Waals surface area (Å²) in [5, 5.41) is 6.05. The van der Waals surface area contributed by atoms with E-state index < -0.39 is 5.54 Å². The Balaban J connectivity index is 2.26. The number of nitrogens with two attached hydrogens (primary N) is 1. The number of hydrogen-bond donors (Lipinski definition) is 3. The summed E-state index contributed by atoms with van der Waals surface area (Å²) in [4.78, 5) is 16.6. The quantitative estimate of drug-likeness (QED) is 0.541. The molecule has 0 aliphatic carbocycles. The molecule has 2 aromatic heterocycles. The van der Waals surface area contributed by atoms with E-state index in [1.54, 1.807) is 17.5 Å². The summed E-state index contributed by atoms with van der Waals surface area (Å²) in [6, 6.07) is 0.216. The van der Waals surface area contributed by atoms with Crippen molar-refractivity contribution in [3.8, 4) is 6.01 Å². The standard InChI is InChI=1S/C11H17N7OS/c1-4-19-10-15-8(14-9(16-10)18-12)17-11(2,3)7-13-5-6-20-7/h5-6H,4,12H2,1-3H3,(H2,14,15,16,17,18). The van der Waals surface area contributed by atoms with Gasteiger partial charge in [-0.05, 0) is 20.8 Å². The van der Waals surface area contributed by atoms with Gasteiger partial charge in [0.2, 0.25) is 11.9 Å². The molecule has 0 bridgehead atoms. The molecule has 108 valence electrons. The van der Waals surface area contributed by atoms with Gasteiger partial charge >= 0.3 is 6.01 Å². The third kappa shape index (κ3) is 3.31. The van der Waals surface area contributed by atoms with Crippen molar-refractivity contribution in [3.63, 3.8) is 0 Å². The SMILES string of the molecule is CCOc1nc(NN)nc(NC(C)(C)c2nccs2)n1. The van der Waals surface area contributed by atoms with Crippen molar-refractivity contribution < 1.29 is 4.74 Å². The molecule has 0 unspecified atom stereocenters. The normalized spacial score (nSPS) is 11.2. The van der Waals surface area contributed by atoms with Gasteiger partial charge in [0.1, 0.15) is 5.01 Å². The molecule has 0 saturated heterocycles. The molecule has 2 heterocycles. The van der Waals surface area contributed by atoms with Crippen molar-refractivity contribution in [3.05, 3.63) is 16.6 Å². The number of nitrogens with zero attached hydrogens (tertiary/aromatic N) is 4. The van der Waals surface area contributed by atoms with Crippen LogP contribution in [0.2, 0.25) is 0 Å². The van der Waals surface area contributed by atoms with Crippen LogP contribution in [0.1, 0.15) is 25.8 Å². The molecule has 0 atom stereocenters. The highest BCUT2D eigenvalue weighted by molar-refractivity contribution is 7.09. The molecular weight excluding hydrogens is 278 g/mol. The van der Waals surface area contributed by atoms with Crippen LogP contribution < -0.4 is 21.3 Å². The maximum absolute atomic E-state index is 5.35. The third-order valence-corrected chi connectivity index (χ3v) is 3.51. The lowest BCUT2D eigenvalue weighted by Gasteiger charge is -2.23. The van der Waals surface area contributed by atoms with Crippen LogP contribution in [0.4, 0.5) is 11.9 Å². The van der Waals surface area contributed by atoms with E-state index in [1.807, 2.05) is 26.2 Å². The van der Waals surface area contributed by atoms with Crippen molar-refractivity contribution >= 4 is 23.2 Å². The lowest BCUT2D eigenvalue weighted by Crippen LogP contribution is -2.29. The Morgan fingerprint density at radius 3 is 2.65 bits per heavy atom. The Morgan fingerprint density at radius 2 is 2.05 bits per heavy atom. The number of rotatable bonds is 6. The van der Waals surface area contributed by atoms with E-state index in [0.717, 1.165) is 5.01 Å². The first kappa shape index (κ1) is 14.4. The van der Waals surface area contributed by atoms with Gasteiger partial charge in [-0.1, -0.05) is 0 Å². The second kappa shape index (κ2) is 5.97. The number of aromatic nitrogens is 4. The zero-order valence-electron chi connectivity index (χ0n) is 11.5. The summed E-state index contributed by atoms with van der Waals surface area (Å²) >= 11 is 1.56. The van der Waals surface area contributed by atoms with Crippen molar-refractivity contribution in [2.75, 3.05) is 17.3 Å². The van der Waals surface area contributed by atoms with Gasteiger partial charge in [0.15, 0.2) is 0 Å². The molecule has 0 radical (unpaired) electrons. The maximum Gasteiger partial charge on any atom is 0.323 e. The summed E-state index contributed by atoms with van der Waals surface area (Å²) in [5.41, 5.74) is 1.98. The van der Waals surface area contributed by atoms with Gasteiger partial charge in [-0.3, -0.25) is 5.43 Å². The van der Waals surface area contributed by atoms with Crippen LogP contribution in [-0.4, -0.2) is 26.5 Å². The Bertz CT molecular complexity index is 558. The average molecular weight is 295 g/mol. The van der Waals surface area contributed by atoms with E-state index in [9.17, 15) is 0 Å². The van der Waals surface area contributed by atoms with E-state index in [1.165, 1.54) is 0 Å². The fraction of sp³-hybridized carbons (Fsp3) is 0.455. The molecule has 8 nitrogen and oxygen atoms in total. The first-order valence-electron chi connectivity index (χ1n) is 6.09. The second-order valence-corrected chi connectivity index (χ2v) is 5.32. The lowest BCUT2D eigenvalue weighted by atomic mass is 10.1. The van der Waals surface area contributed by atoms with Gasteiger partial charge in [-0.25, -0.2) is 10.8 Å².